The minimum absolute atomic E-state index is 0.0796. The minimum atomic E-state index is -3.96. The molecule has 0 aliphatic carbocycles. The highest BCUT2D eigenvalue weighted by atomic mass is 32.2. The maximum atomic E-state index is 11.6. The molecule has 106 valence electrons. The second-order valence-electron chi connectivity index (χ2n) is 5.19. The second kappa shape index (κ2) is 6.84. The summed E-state index contributed by atoms with van der Waals surface area (Å²) in [7, 11) is -3.96. The molecule has 0 aromatic heterocycles. The Balaban J connectivity index is 3.94. The maximum Gasteiger partial charge on any atom is 0.303 e. The third kappa shape index (κ3) is 10.2. The Hall–Kier alpha value is -0.950. The summed E-state index contributed by atoms with van der Waals surface area (Å²) in [6.45, 7) is 3.41. The van der Waals surface area contributed by atoms with Crippen molar-refractivity contribution in [3.63, 3.8) is 0 Å². The molecule has 0 spiro atoms. The molecule has 0 aromatic rings. The monoisotopic (exact) mass is 280 g/mol. The van der Waals surface area contributed by atoms with Crippen molar-refractivity contribution in [2.45, 2.75) is 46.0 Å². The number of carboxylic acid groups (broad SMARTS) is 1. The Kier molecular flexibility index (Phi) is 6.48. The molecule has 0 unspecified atom stereocenters. The van der Waals surface area contributed by atoms with Crippen LogP contribution in [0.5, 0.6) is 0 Å². The first-order valence-corrected chi connectivity index (χ1v) is 7.31. The van der Waals surface area contributed by atoms with Gasteiger partial charge >= 0.3 is 5.97 Å². The first-order valence-electron chi connectivity index (χ1n) is 5.70. The van der Waals surface area contributed by atoms with E-state index in [1.54, 1.807) is 13.8 Å². The van der Waals surface area contributed by atoms with Crippen LogP contribution in [0.3, 0.4) is 0 Å². The Morgan fingerprint density at radius 3 is 2.11 bits per heavy atom. The molecule has 0 fully saturated rings. The summed E-state index contributed by atoms with van der Waals surface area (Å²) in [6.07, 6.45) is 0.888. The molecular formula is C11H20O6S. The highest BCUT2D eigenvalue weighted by Gasteiger charge is 2.24. The van der Waals surface area contributed by atoms with Gasteiger partial charge in [0.2, 0.25) is 0 Å². The highest BCUT2D eigenvalue weighted by Crippen LogP contribution is 2.26. The van der Waals surface area contributed by atoms with E-state index in [-0.39, 0.29) is 37.2 Å². The number of ketones is 1. The van der Waals surface area contributed by atoms with Crippen LogP contribution in [-0.4, -0.2) is 35.6 Å². The van der Waals surface area contributed by atoms with E-state index in [2.05, 4.69) is 0 Å². The van der Waals surface area contributed by atoms with E-state index >= 15 is 0 Å². The molecule has 0 bridgehead atoms. The van der Waals surface area contributed by atoms with Crippen LogP contribution >= 0.6 is 0 Å². The zero-order valence-electron chi connectivity index (χ0n) is 10.7. The van der Waals surface area contributed by atoms with E-state index in [0.29, 0.717) is 6.42 Å². The lowest BCUT2D eigenvalue weighted by Crippen LogP contribution is -2.21. The van der Waals surface area contributed by atoms with Crippen molar-refractivity contribution in [2.75, 3.05) is 5.75 Å². The summed E-state index contributed by atoms with van der Waals surface area (Å²) in [5.74, 6) is -1.38. The Bertz CT molecular complexity index is 396. The average Bonchev–Trinajstić information content (AvgIpc) is 2.07. The van der Waals surface area contributed by atoms with Crippen LogP contribution in [-0.2, 0) is 19.7 Å². The highest BCUT2D eigenvalue weighted by molar-refractivity contribution is 7.85. The predicted octanol–water partition coefficient (Wildman–Crippen LogP) is 1.50. The molecule has 6 nitrogen and oxygen atoms in total. The number of carbonyl (C=O) groups is 2. The van der Waals surface area contributed by atoms with Crippen LogP contribution in [0.25, 0.3) is 0 Å². The van der Waals surface area contributed by atoms with Crippen LogP contribution in [0.4, 0.5) is 0 Å². The van der Waals surface area contributed by atoms with E-state index in [1.165, 1.54) is 0 Å². The molecule has 0 aliphatic rings. The fraction of sp³-hybridized carbons (Fsp3) is 0.818. The summed E-state index contributed by atoms with van der Waals surface area (Å²) in [6, 6.07) is 0. The molecule has 0 amide bonds. The number of rotatable bonds is 9. The number of carboxylic acids is 1. The van der Waals surface area contributed by atoms with Crippen LogP contribution in [0, 0.1) is 5.41 Å². The van der Waals surface area contributed by atoms with Gasteiger partial charge in [0.1, 0.15) is 5.78 Å². The Morgan fingerprint density at radius 1 is 1.11 bits per heavy atom. The number of Topliss-reactive ketones (excluding diaryl/α,β-unsaturated/α-hetero) is 1. The van der Waals surface area contributed by atoms with Crippen molar-refractivity contribution in [3.8, 4) is 0 Å². The van der Waals surface area contributed by atoms with Gasteiger partial charge in [0.25, 0.3) is 10.1 Å². The molecule has 0 heterocycles. The van der Waals surface area contributed by atoms with Gasteiger partial charge < -0.3 is 5.11 Å². The third-order valence-corrected chi connectivity index (χ3v) is 3.22. The first-order chi connectivity index (χ1) is 8.02. The number of hydrogen-bond donors (Lipinski definition) is 2. The molecule has 0 aliphatic heterocycles. The summed E-state index contributed by atoms with van der Waals surface area (Å²) in [4.78, 5) is 22.1. The number of carbonyl (C=O) groups excluding carboxylic acids is 1. The SMILES string of the molecule is CC(C)(CC(=O)O)CC(=O)CCCCS(=O)(=O)O. The van der Waals surface area contributed by atoms with Gasteiger partial charge in [-0.15, -0.1) is 0 Å². The van der Waals surface area contributed by atoms with Gasteiger partial charge in [0.15, 0.2) is 0 Å². The van der Waals surface area contributed by atoms with Crippen molar-refractivity contribution < 1.29 is 27.7 Å². The number of aliphatic carboxylic acids is 1. The lowest BCUT2D eigenvalue weighted by Gasteiger charge is -2.21. The van der Waals surface area contributed by atoms with E-state index < -0.39 is 21.5 Å². The van der Waals surface area contributed by atoms with E-state index in [4.69, 9.17) is 9.66 Å². The lowest BCUT2D eigenvalue weighted by molar-refractivity contribution is -0.139. The second-order valence-corrected chi connectivity index (χ2v) is 6.77. The van der Waals surface area contributed by atoms with Gasteiger partial charge in [-0.25, -0.2) is 0 Å². The Labute approximate surface area is 107 Å². The molecule has 0 rings (SSSR count). The number of unbranched alkanes of at least 4 members (excludes halogenated alkanes) is 1. The first kappa shape index (κ1) is 17.1. The van der Waals surface area contributed by atoms with Crippen molar-refractivity contribution in [1.29, 1.82) is 0 Å². The quantitative estimate of drug-likeness (QED) is 0.489. The van der Waals surface area contributed by atoms with Crippen molar-refractivity contribution >= 4 is 21.9 Å². The minimum Gasteiger partial charge on any atom is -0.481 e. The smallest absolute Gasteiger partial charge is 0.303 e. The summed E-state index contributed by atoms with van der Waals surface area (Å²) in [5, 5.41) is 8.66. The molecule has 18 heavy (non-hydrogen) atoms. The predicted molar refractivity (Wildman–Crippen MR) is 65.9 cm³/mol. The molecule has 0 saturated heterocycles. The van der Waals surface area contributed by atoms with Gasteiger partial charge in [-0.05, 0) is 18.3 Å². The van der Waals surface area contributed by atoms with Crippen LogP contribution < -0.4 is 0 Å². The van der Waals surface area contributed by atoms with E-state index in [9.17, 15) is 18.0 Å². The maximum absolute atomic E-state index is 11.6. The van der Waals surface area contributed by atoms with Crippen LogP contribution in [0.15, 0.2) is 0 Å². The zero-order valence-corrected chi connectivity index (χ0v) is 11.5. The molecule has 0 saturated carbocycles. The van der Waals surface area contributed by atoms with Crippen molar-refractivity contribution in [3.05, 3.63) is 0 Å². The summed E-state index contributed by atoms with van der Waals surface area (Å²) >= 11 is 0. The fourth-order valence-corrected chi connectivity index (χ4v) is 2.27. The van der Waals surface area contributed by atoms with Gasteiger partial charge in [-0.2, -0.15) is 8.42 Å². The molecule has 2 N–H and O–H groups in total. The van der Waals surface area contributed by atoms with Crippen LogP contribution in [0.2, 0.25) is 0 Å². The number of hydrogen-bond acceptors (Lipinski definition) is 4. The van der Waals surface area contributed by atoms with E-state index in [1.807, 2.05) is 0 Å². The third-order valence-electron chi connectivity index (χ3n) is 2.41. The molecule has 7 heteroatoms. The zero-order chi connectivity index (χ0) is 14.4. The fourth-order valence-electron chi connectivity index (χ4n) is 1.70. The standard InChI is InChI=1S/C11H20O6S/c1-11(2,8-10(13)14)7-9(12)5-3-4-6-18(15,16)17/h3-8H2,1-2H3,(H,13,14)(H,15,16,17). The summed E-state index contributed by atoms with van der Waals surface area (Å²) in [5.41, 5.74) is -0.591. The van der Waals surface area contributed by atoms with Gasteiger partial charge in [0.05, 0.1) is 12.2 Å². The van der Waals surface area contributed by atoms with Gasteiger partial charge in [0, 0.05) is 12.8 Å². The van der Waals surface area contributed by atoms with Crippen molar-refractivity contribution in [1.82, 2.24) is 0 Å². The molecule has 0 aromatic carbocycles. The molecule has 0 radical (unpaired) electrons. The van der Waals surface area contributed by atoms with Crippen molar-refractivity contribution in [2.24, 2.45) is 5.41 Å². The molecular weight excluding hydrogens is 260 g/mol. The van der Waals surface area contributed by atoms with E-state index in [0.717, 1.165) is 0 Å². The van der Waals surface area contributed by atoms with Gasteiger partial charge in [-0.3, -0.25) is 14.1 Å². The summed E-state index contributed by atoms with van der Waals surface area (Å²) < 4.78 is 29.4. The molecule has 0 atom stereocenters. The van der Waals surface area contributed by atoms with Crippen LogP contribution in [0.1, 0.15) is 46.0 Å². The largest absolute Gasteiger partial charge is 0.481 e. The topological polar surface area (TPSA) is 109 Å². The Morgan fingerprint density at radius 2 is 1.67 bits per heavy atom. The normalized spacial score (nSPS) is 12.4. The van der Waals surface area contributed by atoms with Gasteiger partial charge in [-0.1, -0.05) is 13.8 Å². The average molecular weight is 280 g/mol. The lowest BCUT2D eigenvalue weighted by atomic mass is 9.83.